The molecular weight excluding hydrogens is 423 g/mol. The monoisotopic (exact) mass is 457 g/mol. The fourth-order valence-electron chi connectivity index (χ4n) is 3.64. The van der Waals surface area contributed by atoms with Crippen LogP contribution in [0.2, 0.25) is 51.9 Å². The molecule has 0 unspecified atom stereocenters. The lowest BCUT2D eigenvalue weighted by atomic mass is 10.0. The van der Waals surface area contributed by atoms with Crippen molar-refractivity contribution in [3.63, 3.8) is 0 Å². The van der Waals surface area contributed by atoms with Crippen molar-refractivity contribution < 1.29 is 13.0 Å². The third-order valence-corrected chi connectivity index (χ3v) is 14.6. The third-order valence-electron chi connectivity index (χ3n) is 4.47. The molecule has 0 N–H and O–H groups in total. The van der Waals surface area contributed by atoms with Crippen LogP contribution in [0.5, 0.6) is 5.75 Å². The molecule has 7 heteroatoms. The van der Waals surface area contributed by atoms with Crippen molar-refractivity contribution >= 4 is 25.2 Å². The van der Waals surface area contributed by atoms with Gasteiger partial charge in [0.05, 0.1) is 18.2 Å². The largest absolute Gasteiger partial charge is 0.494 e. The summed E-state index contributed by atoms with van der Waals surface area (Å²) < 4.78 is 18.8. The van der Waals surface area contributed by atoms with Crippen LogP contribution < -0.4 is 4.74 Å². The Balaban J connectivity index is 1.81. The first kappa shape index (κ1) is 24.6. The lowest BCUT2D eigenvalue weighted by Crippen LogP contribution is -2.51. The van der Waals surface area contributed by atoms with Crippen LogP contribution in [0.25, 0.3) is 11.1 Å². The predicted molar refractivity (Wildman–Crippen MR) is 132 cm³/mol. The Kier molecular flexibility index (Phi) is 8.25. The van der Waals surface area contributed by atoms with Gasteiger partial charge in [0.1, 0.15) is 5.75 Å². The molecule has 2 aromatic rings. The van der Waals surface area contributed by atoms with E-state index in [1.807, 2.05) is 36.4 Å². The topological polar surface area (TPSA) is 51.5 Å². The Hall–Kier alpha value is -1.70. The van der Waals surface area contributed by atoms with Gasteiger partial charge in [-0.2, -0.15) is 5.26 Å². The van der Waals surface area contributed by atoms with E-state index in [2.05, 4.69) is 64.0 Å². The van der Waals surface area contributed by atoms with Crippen LogP contribution in [0, 0.1) is 11.3 Å². The number of hydrogen-bond acceptors (Lipinski definition) is 4. The molecule has 0 saturated heterocycles. The van der Waals surface area contributed by atoms with E-state index in [0.29, 0.717) is 12.2 Å². The first-order chi connectivity index (χ1) is 13.9. The van der Waals surface area contributed by atoms with Gasteiger partial charge in [0, 0.05) is 0 Å². The molecule has 162 valence electrons. The minimum atomic E-state index is -2.08. The molecule has 0 amide bonds. The van der Waals surface area contributed by atoms with E-state index in [-0.39, 0.29) is 0 Å². The second-order valence-electron chi connectivity index (χ2n) is 9.64. The van der Waals surface area contributed by atoms with Gasteiger partial charge in [0.15, 0.2) is 16.6 Å². The van der Waals surface area contributed by atoms with Crippen molar-refractivity contribution in [3.05, 3.63) is 54.1 Å². The highest BCUT2D eigenvalue weighted by molar-refractivity contribution is 6.87. The van der Waals surface area contributed by atoms with Crippen LogP contribution >= 0.6 is 0 Å². The Morgan fingerprint density at radius 2 is 1.30 bits per heavy atom. The first-order valence-corrected chi connectivity index (χ1v) is 19.9. The number of rotatable bonds is 10. The average molecular weight is 458 g/mol. The van der Waals surface area contributed by atoms with Gasteiger partial charge >= 0.3 is 8.56 Å². The molecule has 0 aliphatic heterocycles. The molecule has 0 aliphatic carbocycles. The molecule has 0 heterocycles. The summed E-state index contributed by atoms with van der Waals surface area (Å²) >= 11 is 0. The third kappa shape index (κ3) is 8.58. The van der Waals surface area contributed by atoms with E-state index in [9.17, 15) is 0 Å². The minimum absolute atomic E-state index is 0.673. The molecule has 2 rings (SSSR count). The van der Waals surface area contributed by atoms with Gasteiger partial charge < -0.3 is 13.0 Å². The van der Waals surface area contributed by atoms with Crippen LogP contribution in [0.15, 0.2) is 48.5 Å². The molecule has 4 nitrogen and oxygen atoms in total. The Morgan fingerprint density at radius 3 is 1.80 bits per heavy atom. The SMILES string of the molecule is C[Si](C)(C)O[Si](C)(C)O[Si](C)(C)CCCOc1ccc(-c2ccc(C#N)cc2)cc1. The summed E-state index contributed by atoms with van der Waals surface area (Å²) in [6.45, 7) is 16.3. The number of ether oxygens (including phenoxy) is 1. The van der Waals surface area contributed by atoms with Crippen LogP contribution in [0.4, 0.5) is 0 Å². The summed E-state index contributed by atoms with van der Waals surface area (Å²) in [6.07, 6.45) is 0.980. The van der Waals surface area contributed by atoms with Crippen LogP contribution in [-0.4, -0.2) is 31.8 Å². The Morgan fingerprint density at radius 1 is 0.767 bits per heavy atom. The summed E-state index contributed by atoms with van der Waals surface area (Å²) in [5.74, 6) is 0.879. The summed E-state index contributed by atoms with van der Waals surface area (Å²) in [7, 11) is -5.45. The van der Waals surface area contributed by atoms with Gasteiger partial charge in [-0.05, 0) is 93.7 Å². The highest BCUT2D eigenvalue weighted by Gasteiger charge is 2.37. The van der Waals surface area contributed by atoms with Crippen molar-refractivity contribution in [2.75, 3.05) is 6.61 Å². The van der Waals surface area contributed by atoms with Gasteiger partial charge in [-0.1, -0.05) is 24.3 Å². The van der Waals surface area contributed by atoms with Crippen molar-refractivity contribution in [1.82, 2.24) is 0 Å². The van der Waals surface area contributed by atoms with Gasteiger partial charge in [-0.3, -0.25) is 0 Å². The van der Waals surface area contributed by atoms with E-state index in [4.69, 9.17) is 18.2 Å². The second-order valence-corrected chi connectivity index (χ2v) is 22.3. The molecule has 30 heavy (non-hydrogen) atoms. The number of nitrogens with zero attached hydrogens (tertiary/aromatic N) is 1. The Bertz CT molecular complexity index is 851. The molecule has 0 bridgehead atoms. The van der Waals surface area contributed by atoms with E-state index >= 15 is 0 Å². The maximum Gasteiger partial charge on any atom is 0.311 e. The molecule has 0 aromatic heterocycles. The molecular formula is C23H35NO3Si3. The molecule has 0 saturated carbocycles. The fourth-order valence-corrected chi connectivity index (χ4v) is 16.8. The first-order valence-electron chi connectivity index (χ1n) is 10.5. The highest BCUT2D eigenvalue weighted by atomic mass is 28.5. The zero-order valence-electron chi connectivity index (χ0n) is 19.4. The lowest BCUT2D eigenvalue weighted by molar-refractivity contribution is 0.313. The zero-order valence-corrected chi connectivity index (χ0v) is 22.4. The van der Waals surface area contributed by atoms with Crippen molar-refractivity contribution in [2.24, 2.45) is 0 Å². The van der Waals surface area contributed by atoms with Crippen LogP contribution in [-0.2, 0) is 8.23 Å². The van der Waals surface area contributed by atoms with Crippen LogP contribution in [0.3, 0.4) is 0 Å². The quantitative estimate of drug-likeness (QED) is 0.292. The maximum atomic E-state index is 8.91. The zero-order chi connectivity index (χ0) is 22.4. The van der Waals surface area contributed by atoms with Gasteiger partial charge in [-0.15, -0.1) is 0 Å². The number of hydrogen-bond donors (Lipinski definition) is 0. The molecule has 0 spiro atoms. The van der Waals surface area contributed by atoms with Crippen LogP contribution in [0.1, 0.15) is 12.0 Å². The summed E-state index contributed by atoms with van der Waals surface area (Å²) in [6, 6.07) is 18.9. The second kappa shape index (κ2) is 10.1. The van der Waals surface area contributed by atoms with Gasteiger partial charge in [0.2, 0.25) is 0 Å². The van der Waals surface area contributed by atoms with E-state index in [1.54, 1.807) is 0 Å². The molecule has 0 aliphatic rings. The fraction of sp³-hybridized carbons (Fsp3) is 0.435. The number of nitriles is 1. The summed E-state index contributed by atoms with van der Waals surface area (Å²) in [4.78, 5) is 0. The molecule has 0 fully saturated rings. The average Bonchev–Trinajstić information content (AvgIpc) is 2.63. The van der Waals surface area contributed by atoms with E-state index in [0.717, 1.165) is 29.3 Å². The summed E-state index contributed by atoms with van der Waals surface area (Å²) in [5, 5.41) is 8.91. The van der Waals surface area contributed by atoms with E-state index in [1.165, 1.54) is 0 Å². The minimum Gasteiger partial charge on any atom is -0.494 e. The standard InChI is InChI=1S/C23H35NO3Si3/c1-28(2,3)26-30(6,7)27-29(4,5)18-8-17-25-23-15-13-22(14-16-23)21-11-9-20(19-24)10-12-21/h9-16H,8,17-18H2,1-7H3. The van der Waals surface area contributed by atoms with Crippen molar-refractivity contribution in [2.45, 2.75) is 58.3 Å². The van der Waals surface area contributed by atoms with Crippen molar-refractivity contribution in [1.29, 1.82) is 5.26 Å². The molecule has 0 atom stereocenters. The predicted octanol–water partition coefficient (Wildman–Crippen LogP) is 6.77. The van der Waals surface area contributed by atoms with Gasteiger partial charge in [-0.25, -0.2) is 0 Å². The Labute approximate surface area is 185 Å². The van der Waals surface area contributed by atoms with Gasteiger partial charge in [0.25, 0.3) is 0 Å². The van der Waals surface area contributed by atoms with E-state index < -0.39 is 25.2 Å². The highest BCUT2D eigenvalue weighted by Crippen LogP contribution is 2.25. The molecule has 2 aromatic carbocycles. The number of benzene rings is 2. The maximum absolute atomic E-state index is 8.91. The molecule has 0 radical (unpaired) electrons. The summed E-state index contributed by atoms with van der Waals surface area (Å²) in [5.41, 5.74) is 2.88. The van der Waals surface area contributed by atoms with Crippen molar-refractivity contribution in [3.8, 4) is 22.9 Å². The normalized spacial score (nSPS) is 12.5. The smallest absolute Gasteiger partial charge is 0.311 e. The lowest BCUT2D eigenvalue weighted by Gasteiger charge is -2.37.